The first-order chi connectivity index (χ1) is 6.52. The number of hydrogen-bond donors (Lipinski definition) is 1. The number of anilines is 1. The van der Waals surface area contributed by atoms with Gasteiger partial charge < -0.3 is 10.6 Å². The van der Waals surface area contributed by atoms with Crippen LogP contribution in [0.4, 0.5) is 5.82 Å². The van der Waals surface area contributed by atoms with Crippen LogP contribution in [0.1, 0.15) is 25.5 Å². The summed E-state index contributed by atoms with van der Waals surface area (Å²) in [7, 11) is 3.95. The zero-order valence-electron chi connectivity index (χ0n) is 9.36. The minimum atomic E-state index is 0.0821. The fraction of sp³-hybridized carbons (Fsp3) is 0.545. The molecule has 0 amide bonds. The van der Waals surface area contributed by atoms with Crippen LogP contribution in [0.3, 0.4) is 0 Å². The SMILES string of the molecule is CC(C)[C@H](N)c1ccc(N(C)C)nc1. The predicted octanol–water partition coefficient (Wildman–Crippen LogP) is 1.80. The summed E-state index contributed by atoms with van der Waals surface area (Å²) in [6, 6.07) is 4.13. The van der Waals surface area contributed by atoms with Crippen LogP contribution >= 0.6 is 0 Å². The van der Waals surface area contributed by atoms with E-state index in [4.69, 9.17) is 5.73 Å². The van der Waals surface area contributed by atoms with Gasteiger partial charge in [-0.3, -0.25) is 0 Å². The van der Waals surface area contributed by atoms with Crippen LogP contribution in [-0.2, 0) is 0 Å². The molecule has 1 atom stereocenters. The van der Waals surface area contributed by atoms with E-state index in [0.29, 0.717) is 5.92 Å². The Morgan fingerprint density at radius 2 is 1.93 bits per heavy atom. The minimum absolute atomic E-state index is 0.0821. The molecule has 0 aliphatic carbocycles. The number of rotatable bonds is 3. The van der Waals surface area contributed by atoms with Gasteiger partial charge in [-0.25, -0.2) is 4.98 Å². The van der Waals surface area contributed by atoms with E-state index < -0.39 is 0 Å². The largest absolute Gasteiger partial charge is 0.363 e. The molecule has 3 nitrogen and oxygen atoms in total. The minimum Gasteiger partial charge on any atom is -0.363 e. The molecule has 0 aromatic carbocycles. The summed E-state index contributed by atoms with van der Waals surface area (Å²) in [4.78, 5) is 6.30. The summed E-state index contributed by atoms with van der Waals surface area (Å²) >= 11 is 0. The summed E-state index contributed by atoms with van der Waals surface area (Å²) in [6.07, 6.45) is 1.86. The molecule has 1 rings (SSSR count). The molecule has 14 heavy (non-hydrogen) atoms. The average molecular weight is 193 g/mol. The maximum absolute atomic E-state index is 6.01. The van der Waals surface area contributed by atoms with Crippen molar-refractivity contribution in [2.75, 3.05) is 19.0 Å². The molecule has 1 aromatic rings. The highest BCUT2D eigenvalue weighted by Gasteiger charge is 2.10. The van der Waals surface area contributed by atoms with Crippen molar-refractivity contribution in [1.82, 2.24) is 4.98 Å². The molecule has 0 aliphatic heterocycles. The van der Waals surface area contributed by atoms with Crippen molar-refractivity contribution in [2.45, 2.75) is 19.9 Å². The van der Waals surface area contributed by atoms with Crippen LogP contribution < -0.4 is 10.6 Å². The van der Waals surface area contributed by atoms with E-state index in [2.05, 4.69) is 18.8 Å². The lowest BCUT2D eigenvalue weighted by Crippen LogP contribution is -2.17. The van der Waals surface area contributed by atoms with Crippen molar-refractivity contribution in [2.24, 2.45) is 11.7 Å². The number of nitrogens with two attached hydrogens (primary N) is 1. The van der Waals surface area contributed by atoms with Gasteiger partial charge in [-0.15, -0.1) is 0 Å². The quantitative estimate of drug-likeness (QED) is 0.796. The third-order valence-electron chi connectivity index (χ3n) is 2.33. The van der Waals surface area contributed by atoms with Crippen LogP contribution in [0.5, 0.6) is 0 Å². The Bertz CT molecular complexity index is 277. The number of nitrogens with zero attached hydrogens (tertiary/aromatic N) is 2. The molecular formula is C11H19N3. The van der Waals surface area contributed by atoms with Crippen LogP contribution in [0.15, 0.2) is 18.3 Å². The molecule has 0 bridgehead atoms. The van der Waals surface area contributed by atoms with Gasteiger partial charge in [0.05, 0.1) is 0 Å². The number of aromatic nitrogens is 1. The Kier molecular flexibility index (Phi) is 3.47. The first-order valence-electron chi connectivity index (χ1n) is 4.91. The van der Waals surface area contributed by atoms with Crippen LogP contribution in [0.25, 0.3) is 0 Å². The van der Waals surface area contributed by atoms with Gasteiger partial charge in [0.15, 0.2) is 0 Å². The highest BCUT2D eigenvalue weighted by molar-refractivity contribution is 5.37. The monoisotopic (exact) mass is 193 g/mol. The zero-order chi connectivity index (χ0) is 10.7. The second kappa shape index (κ2) is 4.42. The summed E-state index contributed by atoms with van der Waals surface area (Å²) in [6.45, 7) is 4.23. The molecule has 0 spiro atoms. The van der Waals surface area contributed by atoms with E-state index in [9.17, 15) is 0 Å². The van der Waals surface area contributed by atoms with Gasteiger partial charge in [0.2, 0.25) is 0 Å². The van der Waals surface area contributed by atoms with E-state index in [1.54, 1.807) is 0 Å². The molecule has 0 aliphatic rings. The molecule has 0 unspecified atom stereocenters. The lowest BCUT2D eigenvalue weighted by Gasteiger charge is -2.17. The maximum Gasteiger partial charge on any atom is 0.127 e. The molecule has 0 saturated carbocycles. The number of hydrogen-bond acceptors (Lipinski definition) is 3. The molecular weight excluding hydrogens is 174 g/mol. The summed E-state index contributed by atoms with van der Waals surface area (Å²) in [5.41, 5.74) is 7.11. The highest BCUT2D eigenvalue weighted by atomic mass is 15.1. The lowest BCUT2D eigenvalue weighted by atomic mass is 9.99. The second-order valence-corrected chi connectivity index (χ2v) is 4.11. The normalized spacial score (nSPS) is 13.0. The highest BCUT2D eigenvalue weighted by Crippen LogP contribution is 2.19. The van der Waals surface area contributed by atoms with Crippen LogP contribution in [0, 0.1) is 5.92 Å². The molecule has 0 radical (unpaired) electrons. The molecule has 1 heterocycles. The van der Waals surface area contributed by atoms with E-state index in [-0.39, 0.29) is 6.04 Å². The van der Waals surface area contributed by atoms with Crippen LogP contribution in [0.2, 0.25) is 0 Å². The van der Waals surface area contributed by atoms with Crippen molar-refractivity contribution >= 4 is 5.82 Å². The number of pyridine rings is 1. The molecule has 0 fully saturated rings. The Hall–Kier alpha value is -1.09. The fourth-order valence-electron chi connectivity index (χ4n) is 1.24. The van der Waals surface area contributed by atoms with Gasteiger partial charge in [-0.2, -0.15) is 0 Å². The van der Waals surface area contributed by atoms with Gasteiger partial charge in [0.1, 0.15) is 5.82 Å². The zero-order valence-corrected chi connectivity index (χ0v) is 9.36. The lowest BCUT2D eigenvalue weighted by molar-refractivity contribution is 0.513. The van der Waals surface area contributed by atoms with Gasteiger partial charge in [-0.05, 0) is 17.5 Å². The summed E-state index contributed by atoms with van der Waals surface area (Å²) in [5.74, 6) is 1.41. The van der Waals surface area contributed by atoms with Crippen molar-refractivity contribution < 1.29 is 0 Å². The molecule has 2 N–H and O–H groups in total. The Balaban J connectivity index is 2.83. The predicted molar refractivity (Wildman–Crippen MR) is 60.3 cm³/mol. The Morgan fingerprint density at radius 3 is 2.29 bits per heavy atom. The molecule has 78 valence electrons. The standard InChI is InChI=1S/C11H19N3/c1-8(2)11(12)9-5-6-10(13-7-9)14(3)4/h5-8,11H,12H2,1-4H3/t11-/m0/s1. The van der Waals surface area contributed by atoms with E-state index in [0.717, 1.165) is 11.4 Å². The van der Waals surface area contributed by atoms with E-state index in [1.165, 1.54) is 0 Å². The first kappa shape index (κ1) is 11.0. The molecule has 0 saturated heterocycles. The van der Waals surface area contributed by atoms with Gasteiger partial charge in [0.25, 0.3) is 0 Å². The fourth-order valence-corrected chi connectivity index (χ4v) is 1.24. The smallest absolute Gasteiger partial charge is 0.127 e. The first-order valence-corrected chi connectivity index (χ1v) is 4.91. The molecule has 1 aromatic heterocycles. The van der Waals surface area contributed by atoms with Gasteiger partial charge in [-0.1, -0.05) is 19.9 Å². The van der Waals surface area contributed by atoms with Crippen molar-refractivity contribution in [3.63, 3.8) is 0 Å². The van der Waals surface area contributed by atoms with Gasteiger partial charge >= 0.3 is 0 Å². The summed E-state index contributed by atoms with van der Waals surface area (Å²) < 4.78 is 0. The maximum atomic E-state index is 6.01. The van der Waals surface area contributed by atoms with E-state index >= 15 is 0 Å². The average Bonchev–Trinajstić information content (AvgIpc) is 2.16. The Morgan fingerprint density at radius 1 is 1.29 bits per heavy atom. The summed E-state index contributed by atoms with van der Waals surface area (Å²) in [5, 5.41) is 0. The van der Waals surface area contributed by atoms with Crippen molar-refractivity contribution in [1.29, 1.82) is 0 Å². The van der Waals surface area contributed by atoms with Crippen molar-refractivity contribution in [3.05, 3.63) is 23.9 Å². The van der Waals surface area contributed by atoms with Gasteiger partial charge in [0, 0.05) is 26.3 Å². The van der Waals surface area contributed by atoms with E-state index in [1.807, 2.05) is 37.3 Å². The third kappa shape index (κ3) is 2.45. The third-order valence-corrected chi connectivity index (χ3v) is 2.33. The van der Waals surface area contributed by atoms with Crippen molar-refractivity contribution in [3.8, 4) is 0 Å². The van der Waals surface area contributed by atoms with Crippen LogP contribution in [-0.4, -0.2) is 19.1 Å². The Labute approximate surface area is 85.9 Å². The second-order valence-electron chi connectivity index (χ2n) is 4.11. The molecule has 3 heteroatoms. The topological polar surface area (TPSA) is 42.1 Å².